The van der Waals surface area contributed by atoms with Crippen molar-refractivity contribution in [1.29, 1.82) is 0 Å². The largest absolute Gasteiger partial charge is 0.309 e. The van der Waals surface area contributed by atoms with Gasteiger partial charge in [0.05, 0.1) is 55.5 Å². The second-order valence-electron chi connectivity index (χ2n) is 26.9. The van der Waals surface area contributed by atoms with Crippen molar-refractivity contribution >= 4 is 120 Å². The monoisotopic (exact) mass is 1360 g/mol. The molecule has 0 saturated carbocycles. The third-order valence-corrected chi connectivity index (χ3v) is 21.1. The van der Waals surface area contributed by atoms with Gasteiger partial charge >= 0.3 is 0 Å². The van der Waals surface area contributed by atoms with E-state index in [0.717, 1.165) is 106 Å². The lowest BCUT2D eigenvalue weighted by atomic mass is 10.00. The van der Waals surface area contributed by atoms with Crippen molar-refractivity contribution in [3.05, 3.63) is 380 Å². The molecule has 7 nitrogen and oxygen atoms in total. The second-order valence-corrected chi connectivity index (χ2v) is 27.4. The highest BCUT2D eigenvalue weighted by molar-refractivity contribution is 6.32. The van der Waals surface area contributed by atoms with Crippen molar-refractivity contribution in [2.45, 2.75) is 6.42 Å². The molecule has 0 spiro atoms. The van der Waals surface area contributed by atoms with E-state index in [4.69, 9.17) is 31.5 Å². The molecule has 0 aliphatic heterocycles. The molecular formula is C97H62ClN7. The van der Waals surface area contributed by atoms with Crippen LogP contribution in [-0.2, 0) is 6.42 Å². The summed E-state index contributed by atoms with van der Waals surface area (Å²) in [6.07, 6.45) is 1.10. The van der Waals surface area contributed by atoms with Crippen LogP contribution in [0.25, 0.3) is 182 Å². The standard InChI is InChI=1S/C48H30N4.C36H22ClN3.C13H10/c1-2-13-31(14-3-1)33-16-12-17-34(29-33)47-39-21-6-9-22-41(39)49-48(50-47)52-44-28-26-35(30-40(44)46-36-18-5-4-15-32(36)25-27-45(46)52)51-42-23-10-7-19-37(42)38-20-8-11-24-43(38)51;37-27-18-20-32-30(22-27)34-28-14-5-4-11-24(28)17-19-33(34)40(32)36-38-31-16-7-6-15-29(31)35(39-36)26-13-8-12-25(21-26)23-9-2-1-3-10-23;1-3-7-12-10(5-1)9-11-6-2-4-8-13(11)12/h1-30H;1-22H;1-8H,9H2. The van der Waals surface area contributed by atoms with Crippen LogP contribution in [-0.4, -0.2) is 33.6 Å². The van der Waals surface area contributed by atoms with Gasteiger partial charge in [-0.05, 0) is 157 Å². The summed E-state index contributed by atoms with van der Waals surface area (Å²) >= 11 is 6.53. The van der Waals surface area contributed by atoms with Crippen LogP contribution in [0.1, 0.15) is 11.1 Å². The zero-order chi connectivity index (χ0) is 69.5. The summed E-state index contributed by atoms with van der Waals surface area (Å²) in [4.78, 5) is 21.1. The maximum Gasteiger partial charge on any atom is 0.235 e. The smallest absolute Gasteiger partial charge is 0.235 e. The van der Waals surface area contributed by atoms with E-state index < -0.39 is 0 Å². The van der Waals surface area contributed by atoms with E-state index in [1.165, 1.54) is 82.1 Å². The summed E-state index contributed by atoms with van der Waals surface area (Å²) in [5, 5.41) is 14.6. The molecule has 1 aliphatic rings. The zero-order valence-electron chi connectivity index (χ0n) is 56.9. The number of para-hydroxylation sites is 4. The number of aromatic nitrogens is 7. The average Bonchev–Trinajstić information content (AvgIpc) is 1.57. The Kier molecular flexibility index (Phi) is 14.9. The minimum atomic E-state index is 0.636. The molecular weight excluding hydrogens is 1300 g/mol. The molecule has 0 saturated heterocycles. The van der Waals surface area contributed by atoms with Gasteiger partial charge in [0.15, 0.2) is 0 Å². The number of hydrogen-bond acceptors (Lipinski definition) is 4. The Hall–Kier alpha value is -13.6. The molecule has 0 radical (unpaired) electrons. The summed E-state index contributed by atoms with van der Waals surface area (Å²) in [6.45, 7) is 0. The predicted octanol–water partition coefficient (Wildman–Crippen LogP) is 25.4. The van der Waals surface area contributed by atoms with Gasteiger partial charge in [0.1, 0.15) is 0 Å². The Morgan fingerprint density at radius 3 is 1.13 bits per heavy atom. The van der Waals surface area contributed by atoms with Crippen LogP contribution in [0.5, 0.6) is 0 Å². The highest BCUT2D eigenvalue weighted by atomic mass is 35.5. The molecule has 1 aliphatic carbocycles. The number of rotatable bonds is 7. The van der Waals surface area contributed by atoms with E-state index in [1.54, 1.807) is 0 Å². The fraction of sp³-hybridized carbons (Fsp3) is 0.0103. The number of hydrogen-bond donors (Lipinski definition) is 0. The third-order valence-electron chi connectivity index (χ3n) is 20.9. The van der Waals surface area contributed by atoms with Crippen molar-refractivity contribution in [2.75, 3.05) is 0 Å². The van der Waals surface area contributed by atoms with Gasteiger partial charge in [-0.1, -0.05) is 291 Å². The number of nitrogens with zero attached hydrogens (tertiary/aromatic N) is 7. The van der Waals surface area contributed by atoms with Crippen LogP contribution >= 0.6 is 11.6 Å². The quantitative estimate of drug-likeness (QED) is 0.159. The van der Waals surface area contributed by atoms with E-state index >= 15 is 0 Å². The highest BCUT2D eigenvalue weighted by Crippen LogP contribution is 2.43. The molecule has 0 amide bonds. The lowest BCUT2D eigenvalue weighted by Crippen LogP contribution is -2.03. The van der Waals surface area contributed by atoms with Gasteiger partial charge in [-0.3, -0.25) is 9.13 Å². The number of benzene rings is 16. The summed E-state index contributed by atoms with van der Waals surface area (Å²) in [5.74, 6) is 1.29. The Balaban J connectivity index is 0.000000121. The molecule has 5 heterocycles. The number of halogens is 1. The van der Waals surface area contributed by atoms with E-state index in [9.17, 15) is 0 Å². The van der Waals surface area contributed by atoms with E-state index in [2.05, 4.69) is 347 Å². The first-order valence-corrected chi connectivity index (χ1v) is 36.0. The first kappa shape index (κ1) is 61.3. The Bertz CT molecular complexity index is 6930. The molecule has 0 fully saturated rings. The molecule has 21 aromatic rings. The molecule has 5 aromatic heterocycles. The van der Waals surface area contributed by atoms with Crippen molar-refractivity contribution in [1.82, 2.24) is 33.6 Å². The van der Waals surface area contributed by atoms with Crippen LogP contribution in [0.15, 0.2) is 364 Å². The van der Waals surface area contributed by atoms with Crippen molar-refractivity contribution < 1.29 is 0 Å². The SMILES string of the molecule is Clc1ccc2c(c1)c1c3ccccc3ccc1n2-c1nc(-c2cccc(-c3ccccc3)c2)c2ccccc2n1.c1ccc(-c2cccc(-c3nc(-n4c5ccc(-n6c7ccccc7c7ccccc76)cc5c5c6ccccc6ccc54)nc4ccccc34)c2)cc1.c1ccc2c(c1)Cc1ccccc1-2. The van der Waals surface area contributed by atoms with Crippen molar-refractivity contribution in [3.63, 3.8) is 0 Å². The van der Waals surface area contributed by atoms with Crippen LogP contribution in [0.3, 0.4) is 0 Å². The third kappa shape index (κ3) is 10.6. The van der Waals surface area contributed by atoms with Crippen LogP contribution in [0.4, 0.5) is 0 Å². The minimum absolute atomic E-state index is 0.636. The highest BCUT2D eigenvalue weighted by Gasteiger charge is 2.24. The fourth-order valence-corrected chi connectivity index (χ4v) is 16.3. The summed E-state index contributed by atoms with van der Waals surface area (Å²) in [6, 6.07) is 128. The maximum atomic E-state index is 6.53. The van der Waals surface area contributed by atoms with E-state index in [1.807, 2.05) is 30.3 Å². The second kappa shape index (κ2) is 25.5. The molecule has 16 aromatic carbocycles. The lowest BCUT2D eigenvalue weighted by molar-refractivity contribution is 1.01. The molecule has 492 valence electrons. The molecule has 8 heteroatoms. The van der Waals surface area contributed by atoms with Crippen LogP contribution in [0.2, 0.25) is 5.02 Å². The average molecular weight is 1360 g/mol. The van der Waals surface area contributed by atoms with Gasteiger partial charge < -0.3 is 4.57 Å². The first-order chi connectivity index (χ1) is 52.0. The van der Waals surface area contributed by atoms with Crippen LogP contribution in [0, 0.1) is 0 Å². The Morgan fingerprint density at radius 1 is 0.238 bits per heavy atom. The summed E-state index contributed by atoms with van der Waals surface area (Å²) in [7, 11) is 0. The van der Waals surface area contributed by atoms with Gasteiger partial charge in [-0.15, -0.1) is 0 Å². The van der Waals surface area contributed by atoms with Gasteiger partial charge in [-0.2, -0.15) is 0 Å². The lowest BCUT2D eigenvalue weighted by Gasteiger charge is -2.13. The van der Waals surface area contributed by atoms with Crippen molar-refractivity contribution in [2.24, 2.45) is 0 Å². The summed E-state index contributed by atoms with van der Waals surface area (Å²) in [5.41, 5.74) is 23.9. The normalized spacial score (nSPS) is 11.8. The molecule has 0 unspecified atom stereocenters. The van der Waals surface area contributed by atoms with Gasteiger partial charge in [0, 0.05) is 64.9 Å². The zero-order valence-corrected chi connectivity index (χ0v) is 57.6. The van der Waals surface area contributed by atoms with E-state index in [-0.39, 0.29) is 0 Å². The topological polar surface area (TPSA) is 66.3 Å². The van der Waals surface area contributed by atoms with Crippen molar-refractivity contribution in [3.8, 4) is 73.5 Å². The molecule has 105 heavy (non-hydrogen) atoms. The molecule has 0 atom stereocenters. The minimum Gasteiger partial charge on any atom is -0.309 e. The van der Waals surface area contributed by atoms with Gasteiger partial charge in [0.2, 0.25) is 11.9 Å². The molecule has 0 bridgehead atoms. The molecule has 0 N–H and O–H groups in total. The van der Waals surface area contributed by atoms with Gasteiger partial charge in [0.25, 0.3) is 0 Å². The maximum absolute atomic E-state index is 6.53. The molecule has 22 rings (SSSR count). The van der Waals surface area contributed by atoms with E-state index in [0.29, 0.717) is 16.9 Å². The van der Waals surface area contributed by atoms with Gasteiger partial charge in [-0.25, -0.2) is 19.9 Å². The Labute approximate surface area is 610 Å². The predicted molar refractivity (Wildman–Crippen MR) is 439 cm³/mol. The Morgan fingerprint density at radius 2 is 0.619 bits per heavy atom. The fourth-order valence-electron chi connectivity index (χ4n) is 16.1. The number of fused-ring (bicyclic) bond motifs is 18. The van der Waals surface area contributed by atoms with Crippen LogP contribution < -0.4 is 0 Å². The first-order valence-electron chi connectivity index (χ1n) is 35.6. The summed E-state index contributed by atoms with van der Waals surface area (Å²) < 4.78 is 6.82.